The summed E-state index contributed by atoms with van der Waals surface area (Å²) in [5.74, 6) is 0. The van der Waals surface area contributed by atoms with E-state index < -0.39 is 11.7 Å². The minimum absolute atomic E-state index is 0.00836. The minimum Gasteiger partial charge on any atom is -0.444 e. The van der Waals surface area contributed by atoms with Crippen LogP contribution in [0.4, 0.5) is 10.5 Å². The molecule has 1 N–H and O–H groups in total. The van der Waals surface area contributed by atoms with Crippen LogP contribution < -0.4 is 5.32 Å². The fourth-order valence-corrected chi connectivity index (χ4v) is 2.90. The molecule has 1 aromatic rings. The first-order chi connectivity index (χ1) is 8.00. The summed E-state index contributed by atoms with van der Waals surface area (Å²) in [6.45, 7) is 14.1. The predicted octanol–water partition coefficient (Wildman–Crippen LogP) is 4.70. The van der Waals surface area contributed by atoms with Crippen molar-refractivity contribution in [3.05, 3.63) is 15.8 Å². The van der Waals surface area contributed by atoms with E-state index >= 15 is 0 Å². The van der Waals surface area contributed by atoms with E-state index in [0.717, 1.165) is 5.69 Å². The molecule has 3 nitrogen and oxygen atoms in total. The number of ether oxygens (including phenoxy) is 1. The molecule has 0 aromatic carbocycles. The highest BCUT2D eigenvalue weighted by Crippen LogP contribution is 2.36. The van der Waals surface area contributed by atoms with Gasteiger partial charge < -0.3 is 4.74 Å². The lowest BCUT2D eigenvalue weighted by molar-refractivity contribution is 0.0636. The zero-order valence-electron chi connectivity index (χ0n) is 12.3. The molecule has 0 spiro atoms. The van der Waals surface area contributed by atoms with Crippen LogP contribution in [0.5, 0.6) is 0 Å². The lowest BCUT2D eigenvalue weighted by Gasteiger charge is -2.23. The number of carbonyl (C=O) groups is 1. The molecular formula is C14H23NO2S. The number of aryl methyl sites for hydroxylation is 1. The molecule has 1 aromatic heterocycles. The second-order valence-corrected chi connectivity index (χ2v) is 7.54. The standard InChI is InChI=1S/C14H23NO2S/c1-9-11(13(2,3)4)10(8-18-9)15-12(16)17-14(5,6)7/h8H,1-7H3,(H,15,16). The smallest absolute Gasteiger partial charge is 0.412 e. The van der Waals surface area contributed by atoms with E-state index in [1.807, 2.05) is 26.2 Å². The normalized spacial score (nSPS) is 12.4. The number of thiophene rings is 1. The first-order valence-corrected chi connectivity index (χ1v) is 6.97. The summed E-state index contributed by atoms with van der Waals surface area (Å²) < 4.78 is 5.27. The summed E-state index contributed by atoms with van der Waals surface area (Å²) >= 11 is 1.65. The lowest BCUT2D eigenvalue weighted by Crippen LogP contribution is -2.28. The SMILES string of the molecule is Cc1scc(NC(=O)OC(C)(C)C)c1C(C)(C)C. The van der Waals surface area contributed by atoms with Gasteiger partial charge in [0, 0.05) is 10.3 Å². The molecular weight excluding hydrogens is 246 g/mol. The van der Waals surface area contributed by atoms with Crippen molar-refractivity contribution < 1.29 is 9.53 Å². The molecule has 0 saturated heterocycles. The van der Waals surface area contributed by atoms with Crippen molar-refractivity contribution in [1.29, 1.82) is 0 Å². The Morgan fingerprint density at radius 1 is 1.22 bits per heavy atom. The van der Waals surface area contributed by atoms with Crippen molar-refractivity contribution in [2.24, 2.45) is 0 Å². The second-order valence-electron chi connectivity index (χ2n) is 6.46. The van der Waals surface area contributed by atoms with Gasteiger partial charge >= 0.3 is 6.09 Å². The Labute approximate surface area is 114 Å². The molecule has 0 saturated carbocycles. The Balaban J connectivity index is 2.90. The summed E-state index contributed by atoms with van der Waals surface area (Å²) in [4.78, 5) is 13.0. The second kappa shape index (κ2) is 4.92. The van der Waals surface area contributed by atoms with E-state index in [4.69, 9.17) is 4.74 Å². The van der Waals surface area contributed by atoms with Crippen LogP contribution in [-0.2, 0) is 10.2 Å². The summed E-state index contributed by atoms with van der Waals surface area (Å²) in [6, 6.07) is 0. The molecule has 0 fully saturated rings. The highest BCUT2D eigenvalue weighted by Gasteiger charge is 2.24. The summed E-state index contributed by atoms with van der Waals surface area (Å²) in [6.07, 6.45) is -0.397. The van der Waals surface area contributed by atoms with Gasteiger partial charge in [0.05, 0.1) is 5.69 Å². The number of hydrogen-bond donors (Lipinski definition) is 1. The Bertz CT molecular complexity index is 436. The molecule has 102 valence electrons. The van der Waals surface area contributed by atoms with Crippen LogP contribution in [0.15, 0.2) is 5.38 Å². The van der Waals surface area contributed by atoms with E-state index in [0.29, 0.717) is 0 Å². The van der Waals surface area contributed by atoms with Crippen molar-refractivity contribution in [3.63, 3.8) is 0 Å². The zero-order chi connectivity index (χ0) is 14.1. The molecule has 1 heterocycles. The summed E-state index contributed by atoms with van der Waals surface area (Å²) in [5.41, 5.74) is 1.57. The van der Waals surface area contributed by atoms with Gasteiger partial charge in [-0.15, -0.1) is 11.3 Å². The topological polar surface area (TPSA) is 38.3 Å². The molecule has 0 radical (unpaired) electrons. The molecule has 0 bridgehead atoms. The molecule has 0 unspecified atom stereocenters. The molecule has 1 amide bonds. The van der Waals surface area contributed by atoms with Gasteiger partial charge in [0.15, 0.2) is 0 Å². The van der Waals surface area contributed by atoms with Gasteiger partial charge in [0.2, 0.25) is 0 Å². The number of nitrogens with one attached hydrogen (secondary N) is 1. The maximum atomic E-state index is 11.8. The third-order valence-electron chi connectivity index (χ3n) is 2.36. The van der Waals surface area contributed by atoms with Crippen LogP contribution in [0.1, 0.15) is 52.0 Å². The van der Waals surface area contributed by atoms with Crippen molar-refractivity contribution in [3.8, 4) is 0 Å². The third kappa shape index (κ3) is 4.02. The van der Waals surface area contributed by atoms with Crippen molar-refractivity contribution in [1.82, 2.24) is 0 Å². The van der Waals surface area contributed by atoms with Crippen LogP contribution in [0.2, 0.25) is 0 Å². The van der Waals surface area contributed by atoms with E-state index in [1.54, 1.807) is 11.3 Å². The molecule has 1 rings (SSSR count). The van der Waals surface area contributed by atoms with Gasteiger partial charge in [0.25, 0.3) is 0 Å². The first-order valence-electron chi connectivity index (χ1n) is 6.09. The average molecular weight is 269 g/mol. The fraction of sp³-hybridized carbons (Fsp3) is 0.643. The minimum atomic E-state index is -0.475. The van der Waals surface area contributed by atoms with Crippen molar-refractivity contribution in [2.75, 3.05) is 5.32 Å². The Kier molecular flexibility index (Phi) is 4.11. The predicted molar refractivity (Wildman–Crippen MR) is 77.6 cm³/mol. The fourth-order valence-electron chi connectivity index (χ4n) is 1.89. The van der Waals surface area contributed by atoms with Gasteiger partial charge in [-0.3, -0.25) is 5.32 Å². The van der Waals surface area contributed by atoms with Crippen molar-refractivity contribution >= 4 is 23.1 Å². The van der Waals surface area contributed by atoms with Gasteiger partial charge in [0.1, 0.15) is 5.60 Å². The molecule has 18 heavy (non-hydrogen) atoms. The van der Waals surface area contributed by atoms with Gasteiger partial charge in [-0.2, -0.15) is 0 Å². The quantitative estimate of drug-likeness (QED) is 0.802. The Morgan fingerprint density at radius 3 is 2.22 bits per heavy atom. The van der Waals surface area contributed by atoms with E-state index in [1.165, 1.54) is 10.4 Å². The monoisotopic (exact) mass is 269 g/mol. The Hall–Kier alpha value is -1.03. The van der Waals surface area contributed by atoms with Gasteiger partial charge in [-0.05, 0) is 38.7 Å². The number of anilines is 1. The summed E-state index contributed by atoms with van der Waals surface area (Å²) in [5, 5.41) is 4.82. The third-order valence-corrected chi connectivity index (χ3v) is 3.27. The highest BCUT2D eigenvalue weighted by molar-refractivity contribution is 7.10. The van der Waals surface area contributed by atoms with Crippen LogP contribution in [0, 0.1) is 6.92 Å². The lowest BCUT2D eigenvalue weighted by atomic mass is 9.86. The van der Waals surface area contributed by atoms with Crippen LogP contribution in [-0.4, -0.2) is 11.7 Å². The number of carbonyl (C=O) groups excluding carboxylic acids is 1. The van der Waals surface area contributed by atoms with Gasteiger partial charge in [-0.25, -0.2) is 4.79 Å². The average Bonchev–Trinajstić information content (AvgIpc) is 2.41. The number of rotatable bonds is 1. The maximum Gasteiger partial charge on any atom is 0.412 e. The molecule has 0 aliphatic rings. The molecule has 0 aliphatic carbocycles. The number of amides is 1. The van der Waals surface area contributed by atoms with E-state index in [2.05, 4.69) is 33.0 Å². The van der Waals surface area contributed by atoms with E-state index in [9.17, 15) is 4.79 Å². The van der Waals surface area contributed by atoms with Crippen LogP contribution >= 0.6 is 11.3 Å². The van der Waals surface area contributed by atoms with Gasteiger partial charge in [-0.1, -0.05) is 20.8 Å². The van der Waals surface area contributed by atoms with E-state index in [-0.39, 0.29) is 5.41 Å². The van der Waals surface area contributed by atoms with Crippen molar-refractivity contribution in [2.45, 2.75) is 59.5 Å². The first kappa shape index (κ1) is 15.0. The number of hydrogen-bond acceptors (Lipinski definition) is 3. The zero-order valence-corrected chi connectivity index (χ0v) is 13.1. The Morgan fingerprint density at radius 2 is 1.78 bits per heavy atom. The molecule has 0 aliphatic heterocycles. The largest absolute Gasteiger partial charge is 0.444 e. The summed E-state index contributed by atoms with van der Waals surface area (Å²) in [7, 11) is 0. The van der Waals surface area contributed by atoms with Crippen LogP contribution in [0.3, 0.4) is 0 Å². The maximum absolute atomic E-state index is 11.8. The van der Waals surface area contributed by atoms with Crippen LogP contribution in [0.25, 0.3) is 0 Å². The molecule has 0 atom stereocenters. The highest BCUT2D eigenvalue weighted by atomic mass is 32.1. The molecule has 4 heteroatoms.